The molecule has 1 aromatic carbocycles. The van der Waals surface area contributed by atoms with E-state index < -0.39 is 24.0 Å². The minimum Gasteiger partial charge on any atom is -0.480 e. The molecule has 2 aromatic rings. The van der Waals surface area contributed by atoms with Crippen molar-refractivity contribution in [2.75, 3.05) is 0 Å². The van der Waals surface area contributed by atoms with Crippen molar-refractivity contribution in [3.8, 4) is 0 Å². The molecule has 0 aliphatic rings. The van der Waals surface area contributed by atoms with Gasteiger partial charge in [0.25, 0.3) is 0 Å². The van der Waals surface area contributed by atoms with Crippen LogP contribution in [0.2, 0.25) is 0 Å². The Morgan fingerprint density at radius 2 is 1.77 bits per heavy atom. The van der Waals surface area contributed by atoms with E-state index in [1.807, 2.05) is 48.7 Å². The van der Waals surface area contributed by atoms with Gasteiger partial charge in [-0.25, -0.2) is 4.98 Å². The minimum atomic E-state index is -1.08. The summed E-state index contributed by atoms with van der Waals surface area (Å²) in [6.07, 6.45) is 3.80. The first kappa shape index (κ1) is 19.7. The fraction of sp³-hybridized carbons (Fsp3) is 0.421. The van der Waals surface area contributed by atoms with Gasteiger partial charge in [0.1, 0.15) is 12.1 Å². The van der Waals surface area contributed by atoms with Crippen molar-refractivity contribution < 1.29 is 19.8 Å². The second-order valence-corrected chi connectivity index (χ2v) is 6.78. The summed E-state index contributed by atoms with van der Waals surface area (Å²) >= 11 is 0. The Labute approximate surface area is 152 Å². The zero-order valence-electron chi connectivity index (χ0n) is 15.0. The summed E-state index contributed by atoms with van der Waals surface area (Å²) in [5, 5.41) is 21.7. The van der Waals surface area contributed by atoms with Gasteiger partial charge in [-0.15, -0.1) is 0 Å². The molecule has 1 heterocycles. The van der Waals surface area contributed by atoms with E-state index >= 15 is 0 Å². The van der Waals surface area contributed by atoms with Gasteiger partial charge in [-0.1, -0.05) is 44.2 Å². The summed E-state index contributed by atoms with van der Waals surface area (Å²) in [5.41, 5.74) is 1.82. The van der Waals surface area contributed by atoms with Crippen molar-refractivity contribution >= 4 is 11.9 Å². The third-order valence-electron chi connectivity index (χ3n) is 4.11. The SMILES string of the molecule is CC(C)CC(N[C@@H](Cc1cncn1Cc1ccccc1)C(=O)O)C(=O)O. The number of carboxylic acid groups (broad SMARTS) is 2. The number of imidazole rings is 1. The summed E-state index contributed by atoms with van der Waals surface area (Å²) < 4.78 is 1.88. The molecule has 1 unspecified atom stereocenters. The molecule has 7 heteroatoms. The number of hydrogen-bond acceptors (Lipinski definition) is 4. The van der Waals surface area contributed by atoms with Gasteiger partial charge in [-0.05, 0) is 17.9 Å². The molecule has 2 rings (SSSR count). The van der Waals surface area contributed by atoms with E-state index in [1.54, 1.807) is 12.5 Å². The zero-order valence-corrected chi connectivity index (χ0v) is 15.0. The number of rotatable bonds is 10. The second-order valence-electron chi connectivity index (χ2n) is 6.78. The van der Waals surface area contributed by atoms with Crippen LogP contribution in [0, 0.1) is 5.92 Å². The van der Waals surface area contributed by atoms with E-state index in [1.165, 1.54) is 0 Å². The lowest BCUT2D eigenvalue weighted by Gasteiger charge is -2.22. The van der Waals surface area contributed by atoms with Gasteiger partial charge in [0.2, 0.25) is 0 Å². The summed E-state index contributed by atoms with van der Waals surface area (Å²) in [7, 11) is 0. The van der Waals surface area contributed by atoms with Crippen LogP contribution in [-0.4, -0.2) is 43.8 Å². The molecule has 0 saturated heterocycles. The minimum absolute atomic E-state index is 0.140. The molecule has 1 aromatic heterocycles. The molecule has 7 nitrogen and oxygen atoms in total. The number of carboxylic acids is 2. The summed E-state index contributed by atoms with van der Waals surface area (Å²) in [5.74, 6) is -1.98. The van der Waals surface area contributed by atoms with Crippen molar-refractivity contribution in [2.45, 2.75) is 45.3 Å². The largest absolute Gasteiger partial charge is 0.480 e. The van der Waals surface area contributed by atoms with Gasteiger partial charge >= 0.3 is 11.9 Å². The molecule has 26 heavy (non-hydrogen) atoms. The molecule has 0 amide bonds. The Morgan fingerprint density at radius 1 is 1.12 bits per heavy atom. The summed E-state index contributed by atoms with van der Waals surface area (Å²) in [6, 6.07) is 7.89. The number of aliphatic carboxylic acids is 2. The monoisotopic (exact) mass is 359 g/mol. The molecule has 0 aliphatic heterocycles. The normalized spacial score (nSPS) is 13.5. The Hall–Kier alpha value is -2.67. The van der Waals surface area contributed by atoms with Crippen molar-refractivity contribution in [3.05, 3.63) is 54.1 Å². The van der Waals surface area contributed by atoms with E-state index in [2.05, 4.69) is 10.3 Å². The summed E-state index contributed by atoms with van der Waals surface area (Å²) in [4.78, 5) is 27.2. The van der Waals surface area contributed by atoms with E-state index in [4.69, 9.17) is 0 Å². The highest BCUT2D eigenvalue weighted by Crippen LogP contribution is 2.11. The van der Waals surface area contributed by atoms with Gasteiger partial charge in [0.15, 0.2) is 0 Å². The zero-order chi connectivity index (χ0) is 19.1. The van der Waals surface area contributed by atoms with Crippen molar-refractivity contribution in [2.24, 2.45) is 5.92 Å². The van der Waals surface area contributed by atoms with Gasteiger partial charge in [-0.3, -0.25) is 14.9 Å². The van der Waals surface area contributed by atoms with Crippen LogP contribution in [-0.2, 0) is 22.6 Å². The Balaban J connectivity index is 2.12. The van der Waals surface area contributed by atoms with Crippen molar-refractivity contribution in [1.82, 2.24) is 14.9 Å². The van der Waals surface area contributed by atoms with Gasteiger partial charge in [0.05, 0.1) is 6.33 Å². The quantitative estimate of drug-likeness (QED) is 0.599. The molecular formula is C19H25N3O4. The van der Waals surface area contributed by atoms with Crippen LogP contribution < -0.4 is 5.32 Å². The Kier molecular flexibility index (Phi) is 6.91. The summed E-state index contributed by atoms with van der Waals surface area (Å²) in [6.45, 7) is 4.39. The highest BCUT2D eigenvalue weighted by Gasteiger charge is 2.27. The number of hydrogen-bond donors (Lipinski definition) is 3. The van der Waals surface area contributed by atoms with Crippen LogP contribution in [0.25, 0.3) is 0 Å². The molecule has 0 saturated carbocycles. The van der Waals surface area contributed by atoms with Crippen LogP contribution in [0.15, 0.2) is 42.9 Å². The third kappa shape index (κ3) is 5.70. The first-order valence-corrected chi connectivity index (χ1v) is 8.61. The molecule has 0 radical (unpaired) electrons. The van der Waals surface area contributed by atoms with E-state index in [-0.39, 0.29) is 12.3 Å². The number of carbonyl (C=O) groups is 2. The standard InChI is InChI=1S/C19H25N3O4/c1-13(2)8-16(18(23)24)21-17(19(25)26)9-15-10-20-12-22(15)11-14-6-4-3-5-7-14/h3-7,10,12-13,16-17,21H,8-9,11H2,1-2H3,(H,23,24)(H,25,26)/t16?,17-/m0/s1. The van der Waals surface area contributed by atoms with E-state index in [9.17, 15) is 19.8 Å². The smallest absolute Gasteiger partial charge is 0.321 e. The number of nitrogens with one attached hydrogen (secondary N) is 1. The topological polar surface area (TPSA) is 104 Å². The lowest BCUT2D eigenvalue weighted by molar-refractivity contribution is -0.142. The fourth-order valence-electron chi connectivity index (χ4n) is 2.82. The van der Waals surface area contributed by atoms with Crippen molar-refractivity contribution in [1.29, 1.82) is 0 Å². The van der Waals surface area contributed by atoms with Gasteiger partial charge in [-0.2, -0.15) is 0 Å². The first-order valence-electron chi connectivity index (χ1n) is 8.61. The van der Waals surface area contributed by atoms with Crippen molar-refractivity contribution in [3.63, 3.8) is 0 Å². The Morgan fingerprint density at radius 3 is 2.35 bits per heavy atom. The van der Waals surface area contributed by atoms with Crippen LogP contribution in [0.5, 0.6) is 0 Å². The Bertz CT molecular complexity index is 727. The predicted molar refractivity (Wildman–Crippen MR) is 96.9 cm³/mol. The van der Waals surface area contributed by atoms with E-state index in [0.717, 1.165) is 11.3 Å². The highest BCUT2D eigenvalue weighted by atomic mass is 16.4. The maximum Gasteiger partial charge on any atom is 0.321 e. The molecule has 3 N–H and O–H groups in total. The number of benzene rings is 1. The predicted octanol–water partition coefficient (Wildman–Crippen LogP) is 2.02. The fourth-order valence-corrected chi connectivity index (χ4v) is 2.82. The average molecular weight is 359 g/mol. The molecular weight excluding hydrogens is 334 g/mol. The molecule has 0 fully saturated rings. The maximum atomic E-state index is 11.7. The van der Waals surface area contributed by atoms with E-state index in [0.29, 0.717) is 13.0 Å². The van der Waals surface area contributed by atoms with Gasteiger partial charge in [0, 0.05) is 24.9 Å². The van der Waals surface area contributed by atoms with Crippen LogP contribution in [0.3, 0.4) is 0 Å². The number of nitrogens with zero attached hydrogens (tertiary/aromatic N) is 2. The lowest BCUT2D eigenvalue weighted by Crippen LogP contribution is -2.49. The lowest BCUT2D eigenvalue weighted by atomic mass is 10.0. The third-order valence-corrected chi connectivity index (χ3v) is 4.11. The van der Waals surface area contributed by atoms with Crippen LogP contribution in [0.1, 0.15) is 31.5 Å². The first-order chi connectivity index (χ1) is 12.4. The molecule has 0 spiro atoms. The second kappa shape index (κ2) is 9.15. The van der Waals surface area contributed by atoms with Gasteiger partial charge < -0.3 is 14.8 Å². The molecule has 0 aliphatic carbocycles. The molecule has 2 atom stereocenters. The van der Waals surface area contributed by atoms with Crippen LogP contribution in [0.4, 0.5) is 0 Å². The number of aromatic nitrogens is 2. The maximum absolute atomic E-state index is 11.7. The molecule has 140 valence electrons. The average Bonchev–Trinajstić information content (AvgIpc) is 3.00. The van der Waals surface area contributed by atoms with Crippen LogP contribution >= 0.6 is 0 Å². The highest BCUT2D eigenvalue weighted by molar-refractivity contribution is 5.77. The molecule has 0 bridgehead atoms.